The van der Waals surface area contributed by atoms with Crippen LogP contribution in [0.2, 0.25) is 0 Å². The molecule has 2 aliphatic heterocycles. The summed E-state index contributed by atoms with van der Waals surface area (Å²) >= 11 is 0. The van der Waals surface area contributed by atoms with Crippen LogP contribution >= 0.6 is 0 Å². The molecular weight excluding hydrogens is 165 g/mol. The number of nitrogens with zero attached hydrogens (tertiary/aromatic N) is 1. The van der Waals surface area contributed by atoms with Crippen LogP contribution in [0.3, 0.4) is 0 Å². The Morgan fingerprint density at radius 2 is 2.00 bits per heavy atom. The Morgan fingerprint density at radius 1 is 1.31 bits per heavy atom. The van der Waals surface area contributed by atoms with Crippen molar-refractivity contribution in [2.45, 2.75) is 51.4 Å². The largest absolute Gasteiger partial charge is 0.298 e. The van der Waals surface area contributed by atoms with Crippen molar-refractivity contribution in [3.05, 3.63) is 0 Å². The van der Waals surface area contributed by atoms with E-state index in [9.17, 15) is 4.39 Å². The number of hydrogen-bond acceptors (Lipinski definition) is 1. The second-order valence-electron chi connectivity index (χ2n) is 5.05. The molecule has 0 aromatic rings. The predicted molar refractivity (Wildman–Crippen MR) is 52.4 cm³/mol. The molecule has 0 radical (unpaired) electrons. The van der Waals surface area contributed by atoms with Crippen molar-refractivity contribution in [1.29, 1.82) is 0 Å². The second-order valence-corrected chi connectivity index (χ2v) is 5.05. The third-order valence-electron chi connectivity index (χ3n) is 4.07. The molecule has 76 valence electrons. The third-order valence-corrected chi connectivity index (χ3v) is 4.07. The highest BCUT2D eigenvalue weighted by molar-refractivity contribution is 4.99. The number of piperidine rings is 1. The molecule has 2 rings (SSSR count). The average Bonchev–Trinajstić information content (AvgIpc) is 2.29. The Hall–Kier alpha value is -0.110. The average molecular weight is 185 g/mol. The topological polar surface area (TPSA) is 3.24 Å². The lowest BCUT2D eigenvalue weighted by atomic mass is 9.81. The van der Waals surface area contributed by atoms with Gasteiger partial charge in [-0.3, -0.25) is 4.90 Å². The van der Waals surface area contributed by atoms with Crippen molar-refractivity contribution in [3.8, 4) is 0 Å². The van der Waals surface area contributed by atoms with E-state index in [-0.39, 0.29) is 6.04 Å². The molecule has 1 nitrogen and oxygen atoms in total. The van der Waals surface area contributed by atoms with Crippen LogP contribution in [-0.2, 0) is 0 Å². The van der Waals surface area contributed by atoms with Gasteiger partial charge in [0.2, 0.25) is 0 Å². The summed E-state index contributed by atoms with van der Waals surface area (Å²) in [5.41, 5.74) is 0. The molecule has 0 aromatic carbocycles. The van der Waals surface area contributed by atoms with E-state index in [4.69, 9.17) is 0 Å². The maximum absolute atomic E-state index is 14.0. The molecular formula is C11H20FN. The van der Waals surface area contributed by atoms with Crippen molar-refractivity contribution in [3.63, 3.8) is 0 Å². The first-order valence-corrected chi connectivity index (χ1v) is 5.47. The van der Waals surface area contributed by atoms with E-state index in [2.05, 4.69) is 25.8 Å². The first kappa shape index (κ1) is 9.45. The zero-order valence-electron chi connectivity index (χ0n) is 8.83. The highest BCUT2D eigenvalue weighted by atomic mass is 19.1. The summed E-state index contributed by atoms with van der Waals surface area (Å²) in [5, 5.41) is 0. The van der Waals surface area contributed by atoms with Gasteiger partial charge >= 0.3 is 0 Å². The molecule has 0 aromatic heterocycles. The van der Waals surface area contributed by atoms with E-state index in [1.165, 1.54) is 6.42 Å². The zero-order valence-corrected chi connectivity index (χ0v) is 8.83. The normalized spacial score (nSPS) is 45.9. The summed E-state index contributed by atoms with van der Waals surface area (Å²) in [6.45, 7) is 4.31. The molecule has 2 fully saturated rings. The van der Waals surface area contributed by atoms with Crippen LogP contribution < -0.4 is 0 Å². The molecule has 4 atom stereocenters. The van der Waals surface area contributed by atoms with Gasteiger partial charge in [-0.2, -0.15) is 0 Å². The van der Waals surface area contributed by atoms with Gasteiger partial charge in [-0.1, -0.05) is 13.8 Å². The lowest BCUT2D eigenvalue weighted by Crippen LogP contribution is -2.49. The van der Waals surface area contributed by atoms with Gasteiger partial charge in [-0.25, -0.2) is 4.39 Å². The molecule has 0 amide bonds. The first-order chi connectivity index (χ1) is 6.11. The fourth-order valence-electron chi connectivity index (χ4n) is 3.08. The molecule has 0 N–H and O–H groups in total. The SMILES string of the molecule is CC(C)C1CC2CCC(C1F)N2C. The fraction of sp³-hybridized carbons (Fsp3) is 1.00. The van der Waals surface area contributed by atoms with Crippen molar-refractivity contribution in [1.82, 2.24) is 4.90 Å². The molecule has 0 aliphatic carbocycles. The molecule has 2 heteroatoms. The number of rotatable bonds is 1. The van der Waals surface area contributed by atoms with Crippen LogP contribution in [0.25, 0.3) is 0 Å². The minimum absolute atomic E-state index is 0.228. The highest BCUT2D eigenvalue weighted by Crippen LogP contribution is 2.41. The van der Waals surface area contributed by atoms with Gasteiger partial charge in [-0.05, 0) is 38.1 Å². The van der Waals surface area contributed by atoms with Crippen molar-refractivity contribution in [2.24, 2.45) is 11.8 Å². The minimum atomic E-state index is -0.580. The van der Waals surface area contributed by atoms with Crippen LogP contribution in [0.5, 0.6) is 0 Å². The Morgan fingerprint density at radius 3 is 2.62 bits per heavy atom. The Labute approximate surface area is 80.3 Å². The van der Waals surface area contributed by atoms with E-state index >= 15 is 0 Å². The number of alkyl halides is 1. The first-order valence-electron chi connectivity index (χ1n) is 5.47. The lowest BCUT2D eigenvalue weighted by molar-refractivity contribution is 0.0199. The number of hydrogen-bond donors (Lipinski definition) is 0. The van der Waals surface area contributed by atoms with Crippen molar-refractivity contribution >= 4 is 0 Å². The van der Waals surface area contributed by atoms with Gasteiger partial charge in [0.1, 0.15) is 6.17 Å². The minimum Gasteiger partial charge on any atom is -0.298 e. The van der Waals surface area contributed by atoms with Gasteiger partial charge < -0.3 is 0 Å². The van der Waals surface area contributed by atoms with Crippen LogP contribution in [0.1, 0.15) is 33.1 Å². The molecule has 2 bridgehead atoms. The van der Waals surface area contributed by atoms with E-state index in [1.54, 1.807) is 0 Å². The van der Waals surface area contributed by atoms with Gasteiger partial charge in [0.05, 0.1) is 0 Å². The fourth-order valence-corrected chi connectivity index (χ4v) is 3.08. The molecule has 0 saturated carbocycles. The zero-order chi connectivity index (χ0) is 9.59. The lowest BCUT2D eigenvalue weighted by Gasteiger charge is -2.40. The highest BCUT2D eigenvalue weighted by Gasteiger charge is 2.46. The van der Waals surface area contributed by atoms with E-state index in [1.807, 2.05) is 0 Å². The third kappa shape index (κ3) is 1.39. The molecule has 2 saturated heterocycles. The Bertz CT molecular complexity index is 193. The number of fused-ring (bicyclic) bond motifs is 2. The molecule has 2 heterocycles. The van der Waals surface area contributed by atoms with Crippen molar-refractivity contribution < 1.29 is 4.39 Å². The van der Waals surface area contributed by atoms with E-state index in [0.717, 1.165) is 12.8 Å². The predicted octanol–water partition coefficient (Wildman–Crippen LogP) is 2.46. The molecule has 0 spiro atoms. The van der Waals surface area contributed by atoms with E-state index < -0.39 is 6.17 Å². The van der Waals surface area contributed by atoms with Gasteiger partial charge in [0.15, 0.2) is 0 Å². The monoisotopic (exact) mass is 185 g/mol. The van der Waals surface area contributed by atoms with Crippen molar-refractivity contribution in [2.75, 3.05) is 7.05 Å². The van der Waals surface area contributed by atoms with Crippen LogP contribution in [0.15, 0.2) is 0 Å². The maximum Gasteiger partial charge on any atom is 0.119 e. The maximum atomic E-state index is 14.0. The van der Waals surface area contributed by atoms with E-state index in [0.29, 0.717) is 17.9 Å². The van der Waals surface area contributed by atoms with Gasteiger partial charge in [0.25, 0.3) is 0 Å². The van der Waals surface area contributed by atoms with Crippen LogP contribution in [-0.4, -0.2) is 30.2 Å². The second kappa shape index (κ2) is 3.23. The molecule has 13 heavy (non-hydrogen) atoms. The van der Waals surface area contributed by atoms with Crippen LogP contribution in [0.4, 0.5) is 4.39 Å². The summed E-state index contributed by atoms with van der Waals surface area (Å²) in [4.78, 5) is 2.27. The molecule has 4 unspecified atom stereocenters. The summed E-state index contributed by atoms with van der Waals surface area (Å²) in [6, 6.07) is 0.899. The smallest absolute Gasteiger partial charge is 0.119 e. The summed E-state index contributed by atoms with van der Waals surface area (Å²) in [7, 11) is 2.09. The Kier molecular flexibility index (Phi) is 2.35. The van der Waals surface area contributed by atoms with Crippen LogP contribution in [0, 0.1) is 11.8 Å². The van der Waals surface area contributed by atoms with Gasteiger partial charge in [-0.15, -0.1) is 0 Å². The van der Waals surface area contributed by atoms with Gasteiger partial charge in [0, 0.05) is 12.1 Å². The summed E-state index contributed by atoms with van der Waals surface area (Å²) in [5.74, 6) is 0.820. The number of halogens is 1. The molecule has 2 aliphatic rings. The Balaban J connectivity index is 2.13. The summed E-state index contributed by atoms with van der Waals surface area (Å²) < 4.78 is 14.0. The standard InChI is InChI=1S/C11H20FN/c1-7(2)9-6-8-4-5-10(11(9)12)13(8)3/h7-11H,4-6H2,1-3H3. The summed E-state index contributed by atoms with van der Waals surface area (Å²) in [6.07, 6.45) is 2.78. The quantitative estimate of drug-likeness (QED) is 0.606.